The first-order valence-corrected chi connectivity index (χ1v) is 9.42. The van der Waals surface area contributed by atoms with Crippen LogP contribution in [0.15, 0.2) is 29.1 Å². The molecule has 0 spiro atoms. The van der Waals surface area contributed by atoms with E-state index in [9.17, 15) is 9.59 Å². The largest absolute Gasteiger partial charge is 0.494 e. The number of H-pyrrole nitrogens is 1. The van der Waals surface area contributed by atoms with Crippen LogP contribution >= 0.6 is 0 Å². The fourth-order valence-electron chi connectivity index (χ4n) is 3.31. The minimum absolute atomic E-state index is 0.0128. The number of aliphatic hydroxyl groups excluding tert-OH is 1. The van der Waals surface area contributed by atoms with Crippen molar-refractivity contribution >= 4 is 16.8 Å². The highest BCUT2D eigenvalue weighted by atomic mass is 16.5. The minimum Gasteiger partial charge on any atom is -0.494 e. The second-order valence-electron chi connectivity index (χ2n) is 6.64. The molecule has 0 saturated carbocycles. The summed E-state index contributed by atoms with van der Waals surface area (Å²) in [5.74, 6) is 0.610. The van der Waals surface area contributed by atoms with Gasteiger partial charge in [0.2, 0.25) is 0 Å². The summed E-state index contributed by atoms with van der Waals surface area (Å²) in [5.41, 5.74) is 1.00. The van der Waals surface area contributed by atoms with Gasteiger partial charge in [0.1, 0.15) is 11.9 Å². The summed E-state index contributed by atoms with van der Waals surface area (Å²) in [5, 5.41) is 10.0. The summed E-state index contributed by atoms with van der Waals surface area (Å²) in [6, 6.07) is 7.30. The summed E-state index contributed by atoms with van der Waals surface area (Å²) in [7, 11) is 0. The Kier molecular flexibility index (Phi) is 6.47. The molecule has 27 heavy (non-hydrogen) atoms. The highest BCUT2D eigenvalue weighted by Crippen LogP contribution is 2.21. The topological polar surface area (TPSA) is 91.9 Å². The molecule has 0 radical (unpaired) electrons. The number of amides is 1. The van der Waals surface area contributed by atoms with E-state index in [4.69, 9.17) is 14.6 Å². The first-order chi connectivity index (χ1) is 13.1. The van der Waals surface area contributed by atoms with Gasteiger partial charge in [-0.1, -0.05) is 0 Å². The zero-order valence-electron chi connectivity index (χ0n) is 15.6. The van der Waals surface area contributed by atoms with Gasteiger partial charge in [-0.15, -0.1) is 0 Å². The van der Waals surface area contributed by atoms with Crippen molar-refractivity contribution < 1.29 is 19.4 Å². The lowest BCUT2D eigenvalue weighted by Crippen LogP contribution is -2.40. The molecule has 0 aliphatic carbocycles. The van der Waals surface area contributed by atoms with Crippen molar-refractivity contribution in [2.75, 3.05) is 26.4 Å². The zero-order chi connectivity index (χ0) is 19.2. The number of carbonyl (C=O) groups excluding carboxylic acids is 1. The Hall–Kier alpha value is -2.38. The van der Waals surface area contributed by atoms with Gasteiger partial charge in [-0.2, -0.15) is 0 Å². The van der Waals surface area contributed by atoms with Crippen LogP contribution < -0.4 is 10.3 Å². The molecule has 1 amide bonds. The number of hydrogen-bond acceptors (Lipinski definition) is 5. The Morgan fingerprint density at radius 3 is 2.96 bits per heavy atom. The van der Waals surface area contributed by atoms with E-state index in [0.717, 1.165) is 23.1 Å². The molecular weight excluding hydrogens is 348 g/mol. The third kappa shape index (κ3) is 4.67. The number of nitrogens with one attached hydrogen (secondary N) is 1. The SMILES string of the molecule is CCOc1ccc2[nH]c(=O)c(CN(CCCO)C(=O)[C@H]3CCCO3)cc2c1. The van der Waals surface area contributed by atoms with Crippen LogP contribution in [-0.2, 0) is 16.1 Å². The van der Waals surface area contributed by atoms with Crippen molar-refractivity contribution in [2.24, 2.45) is 0 Å². The van der Waals surface area contributed by atoms with Crippen molar-refractivity contribution in [3.63, 3.8) is 0 Å². The molecule has 2 heterocycles. The average Bonchev–Trinajstić information content (AvgIpc) is 3.20. The Morgan fingerprint density at radius 2 is 2.26 bits per heavy atom. The number of aromatic nitrogens is 1. The lowest BCUT2D eigenvalue weighted by molar-refractivity contribution is -0.141. The molecule has 1 saturated heterocycles. The summed E-state index contributed by atoms with van der Waals surface area (Å²) < 4.78 is 11.0. The lowest BCUT2D eigenvalue weighted by Gasteiger charge is -2.25. The molecule has 3 rings (SSSR count). The molecule has 146 valence electrons. The monoisotopic (exact) mass is 374 g/mol. The Balaban J connectivity index is 1.87. The number of benzene rings is 1. The molecule has 7 heteroatoms. The highest BCUT2D eigenvalue weighted by molar-refractivity contribution is 5.82. The van der Waals surface area contributed by atoms with Crippen LogP contribution in [-0.4, -0.2) is 53.4 Å². The number of pyridine rings is 1. The molecule has 2 aromatic rings. The quantitative estimate of drug-likeness (QED) is 0.735. The van der Waals surface area contributed by atoms with E-state index in [-0.39, 0.29) is 24.6 Å². The minimum atomic E-state index is -0.451. The van der Waals surface area contributed by atoms with Crippen LogP contribution in [0.1, 0.15) is 31.7 Å². The Labute approximate surface area is 157 Å². The molecule has 1 fully saturated rings. The first-order valence-electron chi connectivity index (χ1n) is 9.42. The molecule has 0 unspecified atom stereocenters. The smallest absolute Gasteiger partial charge is 0.253 e. The summed E-state index contributed by atoms with van der Waals surface area (Å²) in [6.07, 6.45) is 1.56. The van der Waals surface area contributed by atoms with Crippen molar-refractivity contribution in [2.45, 2.75) is 38.8 Å². The molecule has 1 aliphatic rings. The van der Waals surface area contributed by atoms with Crippen molar-refractivity contribution in [1.29, 1.82) is 0 Å². The van der Waals surface area contributed by atoms with Crippen LogP contribution in [0, 0.1) is 0 Å². The number of ether oxygens (including phenoxy) is 2. The maximum absolute atomic E-state index is 12.8. The maximum atomic E-state index is 12.8. The van der Waals surface area contributed by atoms with Crippen molar-refractivity contribution in [3.8, 4) is 5.75 Å². The number of aromatic amines is 1. The van der Waals surface area contributed by atoms with E-state index in [1.54, 1.807) is 11.0 Å². The van der Waals surface area contributed by atoms with Gasteiger partial charge in [0.05, 0.1) is 13.2 Å². The predicted molar refractivity (Wildman–Crippen MR) is 102 cm³/mol. The van der Waals surface area contributed by atoms with Gasteiger partial charge < -0.3 is 24.5 Å². The number of aliphatic hydroxyl groups is 1. The second kappa shape index (κ2) is 9.01. The molecular formula is C20H26N2O5. The van der Waals surface area contributed by atoms with Gasteiger partial charge in [-0.25, -0.2) is 0 Å². The molecule has 1 aromatic heterocycles. The van der Waals surface area contributed by atoms with Crippen LogP contribution in [0.2, 0.25) is 0 Å². The van der Waals surface area contributed by atoms with E-state index in [1.807, 2.05) is 25.1 Å². The van der Waals surface area contributed by atoms with E-state index in [2.05, 4.69) is 4.98 Å². The average molecular weight is 374 g/mol. The number of nitrogens with zero attached hydrogens (tertiary/aromatic N) is 1. The molecule has 0 bridgehead atoms. The third-order valence-corrected chi connectivity index (χ3v) is 4.67. The molecule has 1 aromatic carbocycles. The normalized spacial score (nSPS) is 16.6. The van der Waals surface area contributed by atoms with Crippen LogP contribution in [0.4, 0.5) is 0 Å². The number of rotatable bonds is 8. The fraction of sp³-hybridized carbons (Fsp3) is 0.500. The first kappa shape index (κ1) is 19.4. The fourth-order valence-corrected chi connectivity index (χ4v) is 3.31. The van der Waals surface area contributed by atoms with Gasteiger partial charge in [0, 0.05) is 36.2 Å². The molecule has 1 atom stereocenters. The summed E-state index contributed by atoms with van der Waals surface area (Å²) in [4.78, 5) is 29.7. The molecule has 2 N–H and O–H groups in total. The predicted octanol–water partition coefficient (Wildman–Crippen LogP) is 1.82. The summed E-state index contributed by atoms with van der Waals surface area (Å²) >= 11 is 0. The number of carbonyl (C=O) groups is 1. The summed E-state index contributed by atoms with van der Waals surface area (Å²) in [6.45, 7) is 3.61. The van der Waals surface area contributed by atoms with Crippen LogP contribution in [0.25, 0.3) is 10.9 Å². The van der Waals surface area contributed by atoms with Gasteiger partial charge in [0.25, 0.3) is 11.5 Å². The van der Waals surface area contributed by atoms with Gasteiger partial charge in [-0.3, -0.25) is 9.59 Å². The third-order valence-electron chi connectivity index (χ3n) is 4.67. The number of hydrogen-bond donors (Lipinski definition) is 2. The van der Waals surface area contributed by atoms with E-state index >= 15 is 0 Å². The zero-order valence-corrected chi connectivity index (χ0v) is 15.6. The van der Waals surface area contributed by atoms with E-state index < -0.39 is 6.10 Å². The van der Waals surface area contributed by atoms with Gasteiger partial charge >= 0.3 is 0 Å². The standard InChI is InChI=1S/C20H26N2O5/c1-2-26-16-6-7-17-14(12-16)11-15(19(24)21-17)13-22(8-4-9-23)20(25)18-5-3-10-27-18/h6-7,11-12,18,23H,2-5,8-10,13H2,1H3,(H,21,24)/t18-/m1/s1. The van der Waals surface area contributed by atoms with Crippen molar-refractivity contribution in [1.82, 2.24) is 9.88 Å². The maximum Gasteiger partial charge on any atom is 0.253 e. The van der Waals surface area contributed by atoms with Gasteiger partial charge in [0.15, 0.2) is 0 Å². The van der Waals surface area contributed by atoms with E-state index in [0.29, 0.717) is 38.2 Å². The van der Waals surface area contributed by atoms with Crippen LogP contribution in [0.3, 0.4) is 0 Å². The Bertz CT molecular complexity index is 842. The van der Waals surface area contributed by atoms with Gasteiger partial charge in [-0.05, 0) is 50.5 Å². The van der Waals surface area contributed by atoms with Crippen molar-refractivity contribution in [3.05, 3.63) is 40.2 Å². The second-order valence-corrected chi connectivity index (χ2v) is 6.64. The Morgan fingerprint density at radius 1 is 1.41 bits per heavy atom. The molecule has 7 nitrogen and oxygen atoms in total. The number of fused-ring (bicyclic) bond motifs is 1. The molecule has 1 aliphatic heterocycles. The lowest BCUT2D eigenvalue weighted by atomic mass is 10.1. The highest BCUT2D eigenvalue weighted by Gasteiger charge is 2.28. The van der Waals surface area contributed by atoms with Crippen LogP contribution in [0.5, 0.6) is 5.75 Å². The van der Waals surface area contributed by atoms with E-state index in [1.165, 1.54) is 0 Å².